The van der Waals surface area contributed by atoms with Crippen LogP contribution in [0.4, 0.5) is 18.9 Å². The number of alkyl halides is 3. The number of sulfonamides is 1. The molecule has 0 spiro atoms. The summed E-state index contributed by atoms with van der Waals surface area (Å²) >= 11 is 0. The molecule has 2 heterocycles. The average Bonchev–Trinajstić information content (AvgIpc) is 2.73. The van der Waals surface area contributed by atoms with Crippen molar-refractivity contribution in [1.82, 2.24) is 4.90 Å². The molecule has 0 saturated carbocycles. The summed E-state index contributed by atoms with van der Waals surface area (Å²) in [6.07, 6.45) is -1.09. The van der Waals surface area contributed by atoms with Gasteiger partial charge in [0.15, 0.2) is 0 Å². The summed E-state index contributed by atoms with van der Waals surface area (Å²) in [5.74, 6) is 0.121. The van der Waals surface area contributed by atoms with Gasteiger partial charge < -0.3 is 9.64 Å². The van der Waals surface area contributed by atoms with Crippen LogP contribution in [0.25, 0.3) is 0 Å². The number of carbonyl (C=O) groups is 1. The molecule has 2 aromatic rings. The molecule has 1 atom stereocenters. The second-order valence-electron chi connectivity index (χ2n) is 7.63. The highest BCUT2D eigenvalue weighted by Crippen LogP contribution is 2.33. The van der Waals surface area contributed by atoms with Crippen LogP contribution in [0.5, 0.6) is 5.75 Å². The second-order valence-corrected chi connectivity index (χ2v) is 9.31. The van der Waals surface area contributed by atoms with Gasteiger partial charge in [-0.2, -0.15) is 13.2 Å². The van der Waals surface area contributed by atoms with Gasteiger partial charge in [-0.25, -0.2) is 8.42 Å². The zero-order chi connectivity index (χ0) is 22.2. The first-order valence-electron chi connectivity index (χ1n) is 9.93. The summed E-state index contributed by atoms with van der Waals surface area (Å²) in [4.78, 5) is 14.4. The van der Waals surface area contributed by atoms with Gasteiger partial charge in [0.2, 0.25) is 0 Å². The van der Waals surface area contributed by atoms with Crippen molar-refractivity contribution >= 4 is 21.6 Å². The summed E-state index contributed by atoms with van der Waals surface area (Å²) in [5, 5.41) is 0. The van der Waals surface area contributed by atoms with Gasteiger partial charge in [-0.05, 0) is 55.7 Å². The van der Waals surface area contributed by atoms with E-state index in [1.54, 1.807) is 4.90 Å². The van der Waals surface area contributed by atoms with Crippen molar-refractivity contribution in [3.63, 3.8) is 0 Å². The predicted octanol–water partition coefficient (Wildman–Crippen LogP) is 4.28. The van der Waals surface area contributed by atoms with E-state index in [2.05, 4.69) is 4.72 Å². The van der Waals surface area contributed by atoms with Crippen LogP contribution in [0.2, 0.25) is 0 Å². The van der Waals surface area contributed by atoms with Crippen molar-refractivity contribution in [3.8, 4) is 5.75 Å². The van der Waals surface area contributed by atoms with Gasteiger partial charge in [-0.15, -0.1) is 0 Å². The Morgan fingerprint density at radius 3 is 2.65 bits per heavy atom. The second kappa shape index (κ2) is 8.07. The van der Waals surface area contributed by atoms with Crippen LogP contribution < -0.4 is 9.46 Å². The van der Waals surface area contributed by atoms with Gasteiger partial charge in [-0.3, -0.25) is 9.52 Å². The number of benzene rings is 2. The van der Waals surface area contributed by atoms with E-state index in [9.17, 15) is 26.4 Å². The predicted molar refractivity (Wildman–Crippen MR) is 107 cm³/mol. The van der Waals surface area contributed by atoms with Crippen molar-refractivity contribution in [1.29, 1.82) is 0 Å². The normalized spacial score (nSPS) is 19.5. The molecule has 2 aliphatic rings. The quantitative estimate of drug-likeness (QED) is 0.751. The highest BCUT2D eigenvalue weighted by atomic mass is 32.2. The molecule has 2 aromatic carbocycles. The van der Waals surface area contributed by atoms with Gasteiger partial charge in [0, 0.05) is 24.7 Å². The van der Waals surface area contributed by atoms with Crippen molar-refractivity contribution in [2.24, 2.45) is 0 Å². The molecular weight excluding hydrogens is 433 g/mol. The van der Waals surface area contributed by atoms with E-state index >= 15 is 0 Å². The maximum Gasteiger partial charge on any atom is 0.416 e. The Morgan fingerprint density at radius 2 is 1.87 bits per heavy atom. The number of hydrogen-bond acceptors (Lipinski definition) is 4. The minimum atomic E-state index is -4.66. The Hall–Kier alpha value is -2.75. The van der Waals surface area contributed by atoms with E-state index in [1.165, 1.54) is 18.2 Å². The number of fused-ring (bicyclic) bond motifs is 2. The molecule has 1 amide bonds. The Bertz CT molecular complexity index is 1100. The number of ether oxygens (including phenoxy) is 1. The fourth-order valence-electron chi connectivity index (χ4n) is 3.97. The summed E-state index contributed by atoms with van der Waals surface area (Å²) in [7, 11) is -4.30. The lowest BCUT2D eigenvalue weighted by Crippen LogP contribution is -2.45. The van der Waals surface area contributed by atoms with E-state index < -0.39 is 26.7 Å². The third-order valence-corrected chi connectivity index (χ3v) is 6.91. The van der Waals surface area contributed by atoms with E-state index in [-0.39, 0.29) is 23.2 Å². The lowest BCUT2D eigenvalue weighted by molar-refractivity contribution is -0.137. The van der Waals surface area contributed by atoms with E-state index in [0.717, 1.165) is 43.9 Å². The number of hydrogen-bond donors (Lipinski definition) is 1. The number of carbonyl (C=O) groups excluding carboxylic acids is 1. The standard InChI is InChI=1S/C21H21F3N2O4S/c22-21(23,24)14-4-3-6-17(12-14)31(28,29)25-15-7-8-19-18(13-15)20(27)26-10-2-1-5-16(26)9-11-30-19/h3-4,6-8,12-13,16,25H,1-2,5,9-11H2. The molecule has 31 heavy (non-hydrogen) atoms. The topological polar surface area (TPSA) is 75.7 Å². The van der Waals surface area contributed by atoms with Crippen molar-refractivity contribution in [3.05, 3.63) is 53.6 Å². The van der Waals surface area contributed by atoms with Crippen LogP contribution in [0.1, 0.15) is 41.6 Å². The summed E-state index contributed by atoms with van der Waals surface area (Å²) in [5.41, 5.74) is -0.758. The minimum Gasteiger partial charge on any atom is -0.493 e. The SMILES string of the molecule is O=C1c2cc(NS(=O)(=O)c3cccc(C(F)(F)F)c3)ccc2OCCC2CCCCN12. The third kappa shape index (κ3) is 4.48. The molecule has 166 valence electrons. The third-order valence-electron chi connectivity index (χ3n) is 5.53. The number of anilines is 1. The van der Waals surface area contributed by atoms with Crippen molar-refractivity contribution < 1.29 is 31.1 Å². The van der Waals surface area contributed by atoms with Crippen LogP contribution in [-0.4, -0.2) is 38.4 Å². The van der Waals surface area contributed by atoms with Crippen LogP contribution in [0.15, 0.2) is 47.4 Å². The summed E-state index contributed by atoms with van der Waals surface area (Å²) in [6.45, 7) is 1.07. The molecule has 4 rings (SSSR count). The van der Waals surface area contributed by atoms with Crippen LogP contribution >= 0.6 is 0 Å². The molecule has 2 aliphatic heterocycles. The number of amides is 1. The van der Waals surface area contributed by atoms with Crippen molar-refractivity contribution in [2.45, 2.75) is 42.8 Å². The Labute approximate surface area is 178 Å². The van der Waals surface area contributed by atoms with E-state index in [4.69, 9.17) is 4.74 Å². The fraction of sp³-hybridized carbons (Fsp3) is 0.381. The zero-order valence-electron chi connectivity index (χ0n) is 16.5. The molecule has 1 unspecified atom stereocenters. The number of piperidine rings is 1. The molecule has 1 fully saturated rings. The highest BCUT2D eigenvalue weighted by molar-refractivity contribution is 7.92. The molecule has 0 aliphatic carbocycles. The zero-order valence-corrected chi connectivity index (χ0v) is 17.3. The lowest BCUT2D eigenvalue weighted by atomic mass is 9.97. The molecular formula is C21H21F3N2O4S. The largest absolute Gasteiger partial charge is 0.493 e. The fourth-order valence-corrected chi connectivity index (χ4v) is 5.06. The molecule has 0 radical (unpaired) electrons. The van der Waals surface area contributed by atoms with E-state index in [1.807, 2.05) is 0 Å². The first-order valence-corrected chi connectivity index (χ1v) is 11.4. The molecule has 0 aromatic heterocycles. The Morgan fingerprint density at radius 1 is 1.06 bits per heavy atom. The number of nitrogens with zero attached hydrogens (tertiary/aromatic N) is 1. The Kier molecular flexibility index (Phi) is 5.59. The van der Waals surface area contributed by atoms with E-state index in [0.29, 0.717) is 25.0 Å². The number of halogens is 3. The molecule has 1 N–H and O–H groups in total. The van der Waals surface area contributed by atoms with Crippen LogP contribution in [0.3, 0.4) is 0 Å². The first kappa shape index (κ1) is 21.5. The highest BCUT2D eigenvalue weighted by Gasteiger charge is 2.33. The van der Waals surface area contributed by atoms with Gasteiger partial charge in [0.1, 0.15) is 5.75 Å². The smallest absolute Gasteiger partial charge is 0.416 e. The monoisotopic (exact) mass is 454 g/mol. The molecule has 6 nitrogen and oxygen atoms in total. The van der Waals surface area contributed by atoms with Gasteiger partial charge in [-0.1, -0.05) is 6.07 Å². The van der Waals surface area contributed by atoms with Gasteiger partial charge in [0.05, 0.1) is 22.6 Å². The van der Waals surface area contributed by atoms with Crippen molar-refractivity contribution in [2.75, 3.05) is 17.9 Å². The molecule has 0 bridgehead atoms. The maximum absolute atomic E-state index is 13.1. The lowest BCUT2D eigenvalue weighted by Gasteiger charge is -2.37. The minimum absolute atomic E-state index is 0.0715. The number of rotatable bonds is 3. The average molecular weight is 454 g/mol. The van der Waals surface area contributed by atoms with Crippen LogP contribution in [-0.2, 0) is 16.2 Å². The Balaban J connectivity index is 1.64. The first-order chi connectivity index (χ1) is 14.6. The van der Waals surface area contributed by atoms with Gasteiger partial charge in [0.25, 0.3) is 15.9 Å². The van der Waals surface area contributed by atoms with Crippen LogP contribution in [0, 0.1) is 0 Å². The molecule has 1 saturated heterocycles. The maximum atomic E-state index is 13.1. The van der Waals surface area contributed by atoms with Gasteiger partial charge >= 0.3 is 6.18 Å². The number of nitrogens with one attached hydrogen (secondary N) is 1. The molecule has 10 heteroatoms. The summed E-state index contributed by atoms with van der Waals surface area (Å²) < 4.78 is 72.2. The summed E-state index contributed by atoms with van der Waals surface area (Å²) in [6, 6.07) is 7.87.